The molecule has 3 aromatic carbocycles. The fraction of sp³-hybridized carbons (Fsp3) is 0.281. The van der Waals surface area contributed by atoms with E-state index in [4.69, 9.17) is 14.5 Å². The molecule has 14 heteroatoms. The van der Waals surface area contributed by atoms with Gasteiger partial charge in [0.05, 0.1) is 27.7 Å². The van der Waals surface area contributed by atoms with Crippen LogP contribution >= 0.6 is 0 Å². The molecule has 2 aliphatic heterocycles. The van der Waals surface area contributed by atoms with Crippen molar-refractivity contribution in [2.24, 2.45) is 0 Å². The van der Waals surface area contributed by atoms with Gasteiger partial charge in [0.25, 0.3) is 11.8 Å². The zero-order chi connectivity index (χ0) is 32.6. The van der Waals surface area contributed by atoms with Crippen LogP contribution in [0.15, 0.2) is 66.7 Å². The van der Waals surface area contributed by atoms with Crippen LogP contribution in [0.2, 0.25) is 0 Å². The van der Waals surface area contributed by atoms with Gasteiger partial charge >= 0.3 is 0 Å². The van der Waals surface area contributed by atoms with Gasteiger partial charge < -0.3 is 25.0 Å². The molecule has 0 radical (unpaired) electrons. The molecule has 232 valence electrons. The molecule has 1 aromatic heterocycles. The number of nitrogens with one attached hydrogen (secondary N) is 2. The number of likely N-dealkylation sites (N-methyl/N-ethyl adjacent to an activating group) is 1. The minimum absolute atomic E-state index is 0.0503. The molecular formula is C32H36B4FN5O4. The van der Waals surface area contributed by atoms with Crippen LogP contribution < -0.4 is 20.1 Å². The molecule has 0 bridgehead atoms. The second kappa shape index (κ2) is 12.5. The van der Waals surface area contributed by atoms with Crippen LogP contribution in [0.1, 0.15) is 33.3 Å². The van der Waals surface area contributed by atoms with E-state index in [0.29, 0.717) is 28.3 Å². The van der Waals surface area contributed by atoms with Crippen molar-refractivity contribution in [3.63, 3.8) is 0 Å². The van der Waals surface area contributed by atoms with Crippen molar-refractivity contribution in [3.05, 3.63) is 89.4 Å². The Morgan fingerprint density at radius 1 is 0.804 bits per heavy atom. The van der Waals surface area contributed by atoms with Crippen molar-refractivity contribution in [1.82, 2.24) is 14.8 Å². The number of amides is 2. The normalized spacial score (nSPS) is 17.3. The standard InChI is InChI=1S/C32H36B4FN5O4/c1-2-41-11-13-42(14-12-41)18-23-6-3-19-15-20(4-9-25(19)38-23)30(44)40-26-17-22(7-8-24(26)37)39-29(43)21-5-10-27-28(16-21)46-32(35,36)31(33,34)45-27/h3-10,15-17H,2,11-14,18,33-36H2,1H3,(H,39,43)(H,40,44). The summed E-state index contributed by atoms with van der Waals surface area (Å²) in [4.78, 5) is 35.9. The fourth-order valence-corrected chi connectivity index (χ4v) is 5.60. The molecule has 9 nitrogen and oxygen atoms in total. The molecule has 1 fully saturated rings. The predicted molar refractivity (Wildman–Crippen MR) is 189 cm³/mol. The zero-order valence-corrected chi connectivity index (χ0v) is 26.9. The van der Waals surface area contributed by atoms with Gasteiger partial charge in [0, 0.05) is 54.9 Å². The number of aromatic nitrogens is 1. The first kappa shape index (κ1) is 31.7. The van der Waals surface area contributed by atoms with E-state index in [2.05, 4.69) is 27.4 Å². The van der Waals surface area contributed by atoms with E-state index in [1.807, 2.05) is 49.6 Å². The van der Waals surface area contributed by atoms with Crippen molar-refractivity contribution >= 4 is 65.5 Å². The van der Waals surface area contributed by atoms with Crippen LogP contribution in [0.25, 0.3) is 10.9 Å². The molecule has 3 heterocycles. The number of rotatable bonds is 7. The van der Waals surface area contributed by atoms with Crippen molar-refractivity contribution in [1.29, 1.82) is 0 Å². The van der Waals surface area contributed by atoms with Gasteiger partial charge in [-0.05, 0) is 67.2 Å². The fourth-order valence-electron chi connectivity index (χ4n) is 5.60. The highest BCUT2D eigenvalue weighted by Crippen LogP contribution is 2.39. The van der Waals surface area contributed by atoms with E-state index in [-0.39, 0.29) is 5.69 Å². The molecule has 2 N–H and O–H groups in total. The summed E-state index contributed by atoms with van der Waals surface area (Å²) in [5, 5.41) is 5.07. The number of anilines is 2. The van der Waals surface area contributed by atoms with Crippen LogP contribution in [0.5, 0.6) is 11.5 Å². The summed E-state index contributed by atoms with van der Waals surface area (Å²) in [6.07, 6.45) is 0. The molecule has 2 aliphatic rings. The van der Waals surface area contributed by atoms with Crippen LogP contribution in [0.3, 0.4) is 0 Å². The minimum Gasteiger partial charge on any atom is -0.499 e. The lowest BCUT2D eigenvalue weighted by molar-refractivity contribution is 0.0616. The molecule has 1 saturated heterocycles. The average Bonchev–Trinajstić information content (AvgIpc) is 3.02. The number of ether oxygens (including phenoxy) is 2. The largest absolute Gasteiger partial charge is 0.499 e. The maximum absolute atomic E-state index is 14.8. The molecule has 0 aliphatic carbocycles. The van der Waals surface area contributed by atoms with Gasteiger partial charge in [0.15, 0.2) is 11.5 Å². The third kappa shape index (κ3) is 6.64. The first-order valence-corrected chi connectivity index (χ1v) is 15.7. The number of pyridine rings is 1. The Kier molecular flexibility index (Phi) is 8.60. The molecule has 0 unspecified atom stereocenters. The molecule has 46 heavy (non-hydrogen) atoms. The lowest BCUT2D eigenvalue weighted by atomic mass is 9.41. The van der Waals surface area contributed by atoms with Crippen LogP contribution in [-0.2, 0) is 6.54 Å². The van der Waals surface area contributed by atoms with Crippen LogP contribution in [-0.4, -0.2) is 102 Å². The van der Waals surface area contributed by atoms with E-state index >= 15 is 0 Å². The molecule has 6 rings (SSSR count). The molecule has 0 atom stereocenters. The van der Waals surface area contributed by atoms with Gasteiger partial charge in [0.1, 0.15) is 37.2 Å². The molecule has 2 amide bonds. The summed E-state index contributed by atoms with van der Waals surface area (Å²) in [6, 6.07) is 18.2. The number of hydrogen-bond donors (Lipinski definition) is 2. The monoisotopic (exact) mass is 617 g/mol. The summed E-state index contributed by atoms with van der Waals surface area (Å²) < 4.78 is 27.1. The number of carbonyl (C=O) groups excluding carboxylic acids is 2. The van der Waals surface area contributed by atoms with Gasteiger partial charge in [0.2, 0.25) is 0 Å². The summed E-state index contributed by atoms with van der Waals surface area (Å²) in [5.74, 6) is -0.487. The summed E-state index contributed by atoms with van der Waals surface area (Å²) >= 11 is 0. The van der Waals surface area contributed by atoms with Gasteiger partial charge in [-0.1, -0.05) is 13.0 Å². The van der Waals surface area contributed by atoms with Crippen LogP contribution in [0.4, 0.5) is 15.8 Å². The minimum atomic E-state index is -0.623. The Labute approximate surface area is 271 Å². The number of fused-ring (bicyclic) bond motifs is 2. The smallest absolute Gasteiger partial charge is 0.255 e. The number of benzene rings is 3. The highest BCUT2D eigenvalue weighted by atomic mass is 19.1. The van der Waals surface area contributed by atoms with Crippen molar-refractivity contribution in [2.75, 3.05) is 43.4 Å². The first-order valence-electron chi connectivity index (χ1n) is 15.7. The number of piperazine rings is 1. The Morgan fingerprint density at radius 3 is 2.20 bits per heavy atom. The number of carbonyl (C=O) groups is 2. The quantitative estimate of drug-likeness (QED) is 0.294. The highest BCUT2D eigenvalue weighted by molar-refractivity contribution is 6.53. The third-order valence-electron chi connectivity index (χ3n) is 9.17. The Balaban J connectivity index is 1.11. The lowest BCUT2D eigenvalue weighted by Gasteiger charge is -2.47. The molecular weight excluding hydrogens is 581 g/mol. The maximum atomic E-state index is 14.8. The second-order valence-electron chi connectivity index (χ2n) is 12.9. The average molecular weight is 617 g/mol. The summed E-state index contributed by atoms with van der Waals surface area (Å²) in [6.45, 7) is 8.21. The maximum Gasteiger partial charge on any atom is 0.255 e. The van der Waals surface area contributed by atoms with Gasteiger partial charge in [-0.2, -0.15) is 0 Å². The van der Waals surface area contributed by atoms with E-state index in [9.17, 15) is 14.0 Å². The summed E-state index contributed by atoms with van der Waals surface area (Å²) in [5.41, 5.74) is 2.77. The van der Waals surface area contributed by atoms with Crippen molar-refractivity contribution in [3.8, 4) is 11.5 Å². The lowest BCUT2D eigenvalue weighted by Crippen LogP contribution is -2.65. The van der Waals surface area contributed by atoms with Gasteiger partial charge in [-0.3, -0.25) is 19.5 Å². The van der Waals surface area contributed by atoms with E-state index in [0.717, 1.165) is 55.9 Å². The number of halogens is 1. The van der Waals surface area contributed by atoms with Crippen molar-refractivity contribution in [2.45, 2.75) is 24.3 Å². The highest BCUT2D eigenvalue weighted by Gasteiger charge is 2.44. The number of nitrogens with zero attached hydrogens (tertiary/aromatic N) is 3. The molecule has 0 saturated carbocycles. The predicted octanol–water partition coefficient (Wildman–Crippen LogP) is 0.627. The SMILES string of the molecule is BC1(B)Oc2ccc(C(=O)Nc3ccc(F)c(NC(=O)c4ccc5nc(CN6CCN(CC)CC6)ccc5c4)c3)cc2OC1(B)B. The van der Waals surface area contributed by atoms with E-state index in [1.54, 1.807) is 30.3 Å². The number of hydrogen-bond acceptors (Lipinski definition) is 7. The topological polar surface area (TPSA) is 96.0 Å². The second-order valence-corrected chi connectivity index (χ2v) is 12.9. The zero-order valence-electron chi connectivity index (χ0n) is 26.9. The summed E-state index contributed by atoms with van der Waals surface area (Å²) in [7, 11) is 7.76. The Hall–Kier alpha value is -4.28. The third-order valence-corrected chi connectivity index (χ3v) is 9.17. The van der Waals surface area contributed by atoms with Gasteiger partial charge in [-0.15, -0.1) is 0 Å². The van der Waals surface area contributed by atoms with Crippen LogP contribution in [0, 0.1) is 5.82 Å². The van der Waals surface area contributed by atoms with E-state index < -0.39 is 28.4 Å². The molecule has 0 spiro atoms. The van der Waals surface area contributed by atoms with Crippen molar-refractivity contribution < 1.29 is 23.5 Å². The van der Waals surface area contributed by atoms with Gasteiger partial charge in [-0.25, -0.2) is 4.39 Å². The molecule has 4 aromatic rings. The first-order chi connectivity index (χ1) is 21.9. The Morgan fingerprint density at radius 2 is 1.46 bits per heavy atom. The van der Waals surface area contributed by atoms with E-state index in [1.165, 1.54) is 18.2 Å². The Bertz CT molecular complexity index is 1820.